The van der Waals surface area contributed by atoms with Crippen molar-refractivity contribution in [3.63, 3.8) is 0 Å². The van der Waals surface area contributed by atoms with E-state index < -0.39 is 0 Å². The molecule has 0 atom stereocenters. The van der Waals surface area contributed by atoms with Gasteiger partial charge in [-0.05, 0) is 60.9 Å². The van der Waals surface area contributed by atoms with Crippen molar-refractivity contribution >= 4 is 17.4 Å². The number of nitrogens with zero attached hydrogens (tertiary/aromatic N) is 1. The predicted octanol–water partition coefficient (Wildman–Crippen LogP) is 4.55. The average molecular weight is 385 g/mol. The van der Waals surface area contributed by atoms with Crippen molar-refractivity contribution in [2.75, 3.05) is 25.1 Å². The Morgan fingerprint density at radius 3 is 2.71 bits per heavy atom. The highest BCUT2D eigenvalue weighted by Gasteiger charge is 2.19. The van der Waals surface area contributed by atoms with Crippen molar-refractivity contribution in [2.24, 2.45) is 5.92 Å². The van der Waals surface area contributed by atoms with Crippen molar-refractivity contribution in [3.05, 3.63) is 53.0 Å². The minimum absolute atomic E-state index is 0.101. The molecule has 1 aromatic heterocycles. The number of anilines is 2. The lowest BCUT2D eigenvalue weighted by atomic mass is 9.97. The number of amides is 1. The molecule has 2 aromatic rings. The predicted molar refractivity (Wildman–Crippen MR) is 109 cm³/mol. The highest BCUT2D eigenvalue weighted by Crippen LogP contribution is 2.25. The number of pyridine rings is 1. The highest BCUT2D eigenvalue weighted by atomic mass is 19.1. The third-order valence-corrected chi connectivity index (χ3v) is 5.14. The summed E-state index contributed by atoms with van der Waals surface area (Å²) in [6, 6.07) is 6.84. The molecule has 2 N–H and O–H groups in total. The van der Waals surface area contributed by atoms with Gasteiger partial charge in [0.25, 0.3) is 5.91 Å². The van der Waals surface area contributed by atoms with Crippen LogP contribution in [0.5, 0.6) is 0 Å². The van der Waals surface area contributed by atoms with Crippen LogP contribution < -0.4 is 10.6 Å². The maximum absolute atomic E-state index is 13.8. The van der Waals surface area contributed by atoms with Crippen LogP contribution in [0.25, 0.3) is 0 Å². The number of aromatic nitrogens is 1. The van der Waals surface area contributed by atoms with Crippen LogP contribution in [0.2, 0.25) is 0 Å². The van der Waals surface area contributed by atoms with E-state index in [9.17, 15) is 9.18 Å². The normalized spacial score (nSPS) is 14.9. The Bertz CT molecular complexity index is 833. The van der Waals surface area contributed by atoms with Crippen LogP contribution in [0, 0.1) is 18.7 Å². The SMILES string of the molecule is Cc1ccc(Nc2cc(C(C)C)c(C(=O)NCC3CCOCC3)cn2)cc1F. The Kier molecular flexibility index (Phi) is 6.62. The molecule has 5 nitrogen and oxygen atoms in total. The van der Waals surface area contributed by atoms with Crippen LogP contribution >= 0.6 is 0 Å². The van der Waals surface area contributed by atoms with E-state index in [1.807, 2.05) is 26.0 Å². The van der Waals surface area contributed by atoms with Crippen molar-refractivity contribution in [2.45, 2.75) is 39.5 Å². The lowest BCUT2D eigenvalue weighted by Crippen LogP contribution is -2.32. The van der Waals surface area contributed by atoms with Gasteiger partial charge in [0.05, 0.1) is 5.56 Å². The molecule has 0 spiro atoms. The second-order valence-electron chi connectivity index (χ2n) is 7.67. The number of hydrogen-bond donors (Lipinski definition) is 2. The number of aryl methyl sites for hydroxylation is 1. The van der Waals surface area contributed by atoms with Crippen LogP contribution in [0.3, 0.4) is 0 Å². The number of hydrogen-bond acceptors (Lipinski definition) is 4. The molecule has 1 fully saturated rings. The fourth-order valence-corrected chi connectivity index (χ4v) is 3.31. The Hall–Kier alpha value is -2.47. The molecule has 1 saturated heterocycles. The molecule has 1 amide bonds. The fourth-order valence-electron chi connectivity index (χ4n) is 3.31. The van der Waals surface area contributed by atoms with Crippen molar-refractivity contribution in [3.8, 4) is 0 Å². The molecule has 28 heavy (non-hydrogen) atoms. The first-order valence-electron chi connectivity index (χ1n) is 9.83. The van der Waals surface area contributed by atoms with Gasteiger partial charge in [-0.1, -0.05) is 19.9 Å². The van der Waals surface area contributed by atoms with E-state index in [1.165, 1.54) is 6.07 Å². The fraction of sp³-hybridized carbons (Fsp3) is 0.455. The van der Waals surface area contributed by atoms with Gasteiger partial charge in [-0.2, -0.15) is 0 Å². The van der Waals surface area contributed by atoms with Gasteiger partial charge in [0.1, 0.15) is 11.6 Å². The van der Waals surface area contributed by atoms with Crippen molar-refractivity contribution in [1.82, 2.24) is 10.3 Å². The lowest BCUT2D eigenvalue weighted by molar-refractivity contribution is 0.0642. The minimum Gasteiger partial charge on any atom is -0.381 e. The first-order valence-corrected chi connectivity index (χ1v) is 9.83. The minimum atomic E-state index is -0.266. The number of rotatable bonds is 6. The van der Waals surface area contributed by atoms with E-state index in [2.05, 4.69) is 15.6 Å². The zero-order valence-electron chi connectivity index (χ0n) is 16.7. The van der Waals surface area contributed by atoms with E-state index in [1.54, 1.807) is 19.2 Å². The number of benzene rings is 1. The molecule has 1 aliphatic rings. The lowest BCUT2D eigenvalue weighted by Gasteiger charge is -2.22. The summed E-state index contributed by atoms with van der Waals surface area (Å²) in [6.45, 7) is 7.99. The largest absolute Gasteiger partial charge is 0.381 e. The Balaban J connectivity index is 1.72. The van der Waals surface area contributed by atoms with Gasteiger partial charge in [0.15, 0.2) is 0 Å². The molecule has 1 aliphatic heterocycles. The van der Waals surface area contributed by atoms with Crippen LogP contribution in [0.4, 0.5) is 15.9 Å². The van der Waals surface area contributed by atoms with E-state index in [-0.39, 0.29) is 17.6 Å². The maximum Gasteiger partial charge on any atom is 0.253 e. The smallest absolute Gasteiger partial charge is 0.253 e. The quantitative estimate of drug-likeness (QED) is 0.766. The molecule has 150 valence electrons. The van der Waals surface area contributed by atoms with Gasteiger partial charge >= 0.3 is 0 Å². The number of carbonyl (C=O) groups excluding carboxylic acids is 1. The molecule has 0 radical (unpaired) electrons. The summed E-state index contributed by atoms with van der Waals surface area (Å²) in [5.41, 5.74) is 2.72. The van der Waals surface area contributed by atoms with Gasteiger partial charge in [-0.3, -0.25) is 4.79 Å². The third kappa shape index (κ3) is 5.07. The topological polar surface area (TPSA) is 63.2 Å². The highest BCUT2D eigenvalue weighted by molar-refractivity contribution is 5.95. The van der Waals surface area contributed by atoms with Crippen molar-refractivity contribution in [1.29, 1.82) is 0 Å². The van der Waals surface area contributed by atoms with E-state index in [0.717, 1.165) is 31.6 Å². The molecule has 2 heterocycles. The first-order chi connectivity index (χ1) is 13.4. The zero-order chi connectivity index (χ0) is 20.1. The summed E-state index contributed by atoms with van der Waals surface area (Å²) in [7, 11) is 0. The average Bonchev–Trinajstić information content (AvgIpc) is 2.69. The molecule has 1 aromatic carbocycles. The Morgan fingerprint density at radius 1 is 1.29 bits per heavy atom. The van der Waals surface area contributed by atoms with Gasteiger partial charge < -0.3 is 15.4 Å². The van der Waals surface area contributed by atoms with Crippen LogP contribution in [-0.4, -0.2) is 30.6 Å². The summed E-state index contributed by atoms with van der Waals surface area (Å²) >= 11 is 0. The van der Waals surface area contributed by atoms with E-state index in [0.29, 0.717) is 35.1 Å². The van der Waals surface area contributed by atoms with Crippen molar-refractivity contribution < 1.29 is 13.9 Å². The molecular formula is C22H28FN3O2. The van der Waals surface area contributed by atoms with Crippen LogP contribution in [0.1, 0.15) is 54.1 Å². The van der Waals surface area contributed by atoms with Crippen LogP contribution in [-0.2, 0) is 4.74 Å². The molecule has 0 bridgehead atoms. The summed E-state index contributed by atoms with van der Waals surface area (Å²) in [5, 5.41) is 6.16. The van der Waals surface area contributed by atoms with Gasteiger partial charge in [0.2, 0.25) is 0 Å². The third-order valence-electron chi connectivity index (χ3n) is 5.14. The van der Waals surface area contributed by atoms with Gasteiger partial charge in [0, 0.05) is 31.6 Å². The van der Waals surface area contributed by atoms with Crippen LogP contribution in [0.15, 0.2) is 30.5 Å². The van der Waals surface area contributed by atoms with Gasteiger partial charge in [-0.25, -0.2) is 9.37 Å². The summed E-state index contributed by atoms with van der Waals surface area (Å²) in [4.78, 5) is 17.1. The first kappa shape index (κ1) is 20.3. The molecule has 0 saturated carbocycles. The van der Waals surface area contributed by atoms with Gasteiger partial charge in [-0.15, -0.1) is 0 Å². The molecule has 0 aliphatic carbocycles. The monoisotopic (exact) mass is 385 g/mol. The molecule has 6 heteroatoms. The molecule has 3 rings (SSSR count). The Morgan fingerprint density at radius 2 is 2.04 bits per heavy atom. The number of nitrogens with one attached hydrogen (secondary N) is 2. The standard InChI is InChI=1S/C22H28FN3O2/c1-14(2)18-11-21(26-17-5-4-15(3)20(23)10-17)24-13-19(18)22(27)25-12-16-6-8-28-9-7-16/h4-5,10-11,13-14,16H,6-9,12H2,1-3H3,(H,24,26)(H,25,27). The summed E-state index contributed by atoms with van der Waals surface area (Å²) in [6.07, 6.45) is 3.55. The number of carbonyl (C=O) groups is 1. The number of halogens is 1. The Labute approximate surface area is 165 Å². The summed E-state index contributed by atoms with van der Waals surface area (Å²) < 4.78 is 19.1. The number of ether oxygens (including phenoxy) is 1. The second kappa shape index (κ2) is 9.15. The zero-order valence-corrected chi connectivity index (χ0v) is 16.7. The second-order valence-corrected chi connectivity index (χ2v) is 7.67. The summed E-state index contributed by atoms with van der Waals surface area (Å²) in [5.74, 6) is 0.842. The molecular weight excluding hydrogens is 357 g/mol. The van der Waals surface area contributed by atoms with E-state index in [4.69, 9.17) is 4.74 Å². The maximum atomic E-state index is 13.8. The van der Waals surface area contributed by atoms with E-state index >= 15 is 0 Å². The molecule has 0 unspecified atom stereocenters.